The van der Waals surface area contributed by atoms with E-state index in [0.29, 0.717) is 12.2 Å². The summed E-state index contributed by atoms with van der Waals surface area (Å²) in [5.41, 5.74) is 7.25. The first-order chi connectivity index (χ1) is 7.96. The number of hydrogen-bond acceptors (Lipinski definition) is 3. The molecule has 5 heteroatoms. The van der Waals surface area contributed by atoms with Crippen molar-refractivity contribution in [3.8, 4) is 0 Å². The third-order valence-electron chi connectivity index (χ3n) is 3.23. The van der Waals surface area contributed by atoms with E-state index in [4.69, 9.17) is 5.73 Å². The summed E-state index contributed by atoms with van der Waals surface area (Å²) in [5.74, 6) is 0.658. The molecule has 1 aromatic rings. The molecule has 0 saturated carbocycles. The van der Waals surface area contributed by atoms with Crippen LogP contribution in [0, 0.1) is 5.92 Å². The van der Waals surface area contributed by atoms with Crippen LogP contribution in [0.1, 0.15) is 12.0 Å². The Morgan fingerprint density at radius 2 is 2.24 bits per heavy atom. The molecule has 1 aliphatic rings. The minimum atomic E-state index is -2.83. The van der Waals surface area contributed by atoms with Crippen LogP contribution in [0.3, 0.4) is 0 Å². The summed E-state index contributed by atoms with van der Waals surface area (Å²) in [6.07, 6.45) is 1.44. The maximum absolute atomic E-state index is 11.4. The van der Waals surface area contributed by atoms with Gasteiger partial charge in [0.2, 0.25) is 0 Å². The van der Waals surface area contributed by atoms with Crippen molar-refractivity contribution in [2.45, 2.75) is 18.9 Å². The third kappa shape index (κ3) is 3.53. The van der Waals surface area contributed by atoms with E-state index in [1.54, 1.807) is 0 Å². The van der Waals surface area contributed by atoms with Gasteiger partial charge < -0.3 is 5.73 Å². The monoisotopic (exact) mass is 317 g/mol. The Labute approximate surface area is 110 Å². The van der Waals surface area contributed by atoms with Crippen molar-refractivity contribution in [1.82, 2.24) is 0 Å². The Bertz CT molecular complexity index is 501. The molecule has 1 aliphatic heterocycles. The summed E-state index contributed by atoms with van der Waals surface area (Å²) in [4.78, 5) is 0. The Morgan fingerprint density at radius 1 is 1.47 bits per heavy atom. The maximum atomic E-state index is 11.4. The first-order valence-electron chi connectivity index (χ1n) is 5.67. The second-order valence-corrected chi connectivity index (χ2v) is 7.81. The van der Waals surface area contributed by atoms with Crippen LogP contribution in [0.5, 0.6) is 0 Å². The van der Waals surface area contributed by atoms with Crippen LogP contribution in [-0.2, 0) is 16.3 Å². The van der Waals surface area contributed by atoms with Crippen molar-refractivity contribution < 1.29 is 8.42 Å². The molecule has 3 nitrogen and oxygen atoms in total. The molecule has 0 amide bonds. The van der Waals surface area contributed by atoms with Gasteiger partial charge in [0.05, 0.1) is 11.5 Å². The molecule has 1 heterocycles. The first-order valence-corrected chi connectivity index (χ1v) is 8.28. The van der Waals surface area contributed by atoms with Crippen LogP contribution in [0.25, 0.3) is 0 Å². The lowest BCUT2D eigenvalue weighted by Gasteiger charge is -2.17. The van der Waals surface area contributed by atoms with E-state index >= 15 is 0 Å². The Hall–Kier alpha value is -0.390. The lowest BCUT2D eigenvalue weighted by atomic mass is 9.94. The minimum Gasteiger partial charge on any atom is -0.327 e. The predicted molar refractivity (Wildman–Crippen MR) is 72.6 cm³/mol. The van der Waals surface area contributed by atoms with E-state index < -0.39 is 9.84 Å². The quantitative estimate of drug-likeness (QED) is 0.924. The zero-order chi connectivity index (χ0) is 12.5. The molecule has 2 rings (SSSR count). The molecular weight excluding hydrogens is 302 g/mol. The Morgan fingerprint density at radius 3 is 2.82 bits per heavy atom. The first kappa shape index (κ1) is 13.1. The van der Waals surface area contributed by atoms with Crippen LogP contribution < -0.4 is 5.73 Å². The summed E-state index contributed by atoms with van der Waals surface area (Å²) < 4.78 is 23.8. The molecule has 0 aromatic heterocycles. The highest BCUT2D eigenvalue weighted by atomic mass is 79.9. The lowest BCUT2D eigenvalue weighted by Crippen LogP contribution is -2.33. The number of sulfone groups is 1. The van der Waals surface area contributed by atoms with E-state index in [9.17, 15) is 8.42 Å². The van der Waals surface area contributed by atoms with Gasteiger partial charge in [-0.05, 0) is 36.5 Å². The van der Waals surface area contributed by atoms with Crippen LogP contribution in [0.4, 0.5) is 0 Å². The summed E-state index contributed by atoms with van der Waals surface area (Å²) in [6, 6.07) is 7.92. The number of benzene rings is 1. The third-order valence-corrected chi connectivity index (χ3v) is 5.52. The van der Waals surface area contributed by atoms with Crippen molar-refractivity contribution in [3.63, 3.8) is 0 Å². The van der Waals surface area contributed by atoms with Gasteiger partial charge in [-0.15, -0.1) is 0 Å². The molecule has 17 heavy (non-hydrogen) atoms. The summed E-state index contributed by atoms with van der Waals surface area (Å²) in [7, 11) is -2.83. The molecule has 1 saturated heterocycles. The fraction of sp³-hybridized carbons (Fsp3) is 0.500. The minimum absolute atomic E-state index is 0.0680. The molecule has 94 valence electrons. The Balaban J connectivity index is 2.00. The largest absolute Gasteiger partial charge is 0.327 e. The van der Waals surface area contributed by atoms with Crippen LogP contribution in [0.2, 0.25) is 0 Å². The molecule has 2 unspecified atom stereocenters. The number of nitrogens with two attached hydrogens (primary N) is 1. The second-order valence-electron chi connectivity index (χ2n) is 4.66. The van der Waals surface area contributed by atoms with Gasteiger partial charge in [-0.2, -0.15) is 0 Å². The zero-order valence-electron chi connectivity index (χ0n) is 9.47. The van der Waals surface area contributed by atoms with E-state index in [2.05, 4.69) is 15.9 Å². The van der Waals surface area contributed by atoms with Crippen molar-refractivity contribution in [3.05, 3.63) is 34.3 Å². The van der Waals surface area contributed by atoms with Crippen LogP contribution in [-0.4, -0.2) is 26.0 Å². The molecule has 2 atom stereocenters. The highest BCUT2D eigenvalue weighted by Gasteiger charge is 2.31. The lowest BCUT2D eigenvalue weighted by molar-refractivity contribution is 0.461. The summed E-state index contributed by atoms with van der Waals surface area (Å²) in [6.45, 7) is 0. The molecule has 0 aliphatic carbocycles. The van der Waals surface area contributed by atoms with Gasteiger partial charge in [-0.1, -0.05) is 28.1 Å². The van der Waals surface area contributed by atoms with Gasteiger partial charge in [-0.3, -0.25) is 0 Å². The molecule has 2 N–H and O–H groups in total. The number of hydrogen-bond donors (Lipinski definition) is 1. The Kier molecular flexibility index (Phi) is 3.90. The average molecular weight is 318 g/mol. The van der Waals surface area contributed by atoms with Gasteiger partial charge in [0.25, 0.3) is 0 Å². The number of rotatable bonds is 3. The van der Waals surface area contributed by atoms with Gasteiger partial charge in [0.1, 0.15) is 0 Å². The maximum Gasteiger partial charge on any atom is 0.150 e. The van der Waals surface area contributed by atoms with E-state index in [-0.39, 0.29) is 17.7 Å². The molecular formula is C12H16BrNO2S. The van der Waals surface area contributed by atoms with Crippen molar-refractivity contribution >= 4 is 25.8 Å². The SMILES string of the molecule is NC(Cc1cccc(Br)c1)C1CCS(=O)(=O)C1. The van der Waals surface area contributed by atoms with Gasteiger partial charge in [0, 0.05) is 10.5 Å². The normalized spacial score (nSPS) is 24.7. The van der Waals surface area contributed by atoms with E-state index in [0.717, 1.165) is 16.5 Å². The van der Waals surface area contributed by atoms with Crippen molar-refractivity contribution in [1.29, 1.82) is 0 Å². The topological polar surface area (TPSA) is 60.2 Å². The smallest absolute Gasteiger partial charge is 0.150 e. The van der Waals surface area contributed by atoms with Gasteiger partial charge >= 0.3 is 0 Å². The number of halogens is 1. The van der Waals surface area contributed by atoms with Crippen molar-refractivity contribution in [2.24, 2.45) is 11.7 Å². The standard InChI is InChI=1S/C12H16BrNO2S/c13-11-3-1-2-9(6-11)7-12(14)10-4-5-17(15,16)8-10/h1-3,6,10,12H,4-5,7-8,14H2. The predicted octanol–water partition coefficient (Wildman–Crippen LogP) is 1.75. The highest BCUT2D eigenvalue weighted by molar-refractivity contribution is 9.10. The fourth-order valence-electron chi connectivity index (χ4n) is 2.26. The summed E-state index contributed by atoms with van der Waals surface area (Å²) in [5, 5.41) is 0. The fourth-order valence-corrected chi connectivity index (χ4v) is 4.61. The molecule has 0 bridgehead atoms. The molecule has 0 radical (unpaired) electrons. The summed E-state index contributed by atoms with van der Waals surface area (Å²) >= 11 is 3.42. The van der Waals surface area contributed by atoms with E-state index in [1.165, 1.54) is 0 Å². The highest BCUT2D eigenvalue weighted by Crippen LogP contribution is 2.23. The van der Waals surface area contributed by atoms with Crippen LogP contribution in [0.15, 0.2) is 28.7 Å². The molecule has 1 fully saturated rings. The zero-order valence-corrected chi connectivity index (χ0v) is 11.9. The van der Waals surface area contributed by atoms with Crippen molar-refractivity contribution in [2.75, 3.05) is 11.5 Å². The average Bonchev–Trinajstić information content (AvgIpc) is 2.59. The second kappa shape index (κ2) is 5.08. The molecule has 0 spiro atoms. The van der Waals surface area contributed by atoms with Gasteiger partial charge in [0.15, 0.2) is 9.84 Å². The van der Waals surface area contributed by atoms with Gasteiger partial charge in [-0.25, -0.2) is 8.42 Å². The van der Waals surface area contributed by atoms with E-state index in [1.807, 2.05) is 24.3 Å². The van der Waals surface area contributed by atoms with Crippen LogP contribution >= 0.6 is 15.9 Å². The molecule has 1 aromatic carbocycles.